The van der Waals surface area contributed by atoms with Crippen LogP contribution in [0.4, 0.5) is 0 Å². The highest BCUT2D eigenvalue weighted by atomic mass is 32.1. The summed E-state index contributed by atoms with van der Waals surface area (Å²) in [7, 11) is 0. The molecule has 0 saturated carbocycles. The van der Waals surface area contributed by atoms with Gasteiger partial charge >= 0.3 is 0 Å². The van der Waals surface area contributed by atoms with Gasteiger partial charge in [-0.15, -0.1) is 11.3 Å². The molecule has 19 heavy (non-hydrogen) atoms. The molecule has 1 N–H and O–H groups in total. The summed E-state index contributed by atoms with van der Waals surface area (Å²) in [6.45, 7) is 6.42. The number of aromatic nitrogens is 2. The summed E-state index contributed by atoms with van der Waals surface area (Å²) in [4.78, 5) is 4.33. The fourth-order valence-electron chi connectivity index (χ4n) is 2.24. The van der Waals surface area contributed by atoms with E-state index >= 15 is 0 Å². The number of rotatable bonds is 8. The highest BCUT2D eigenvalue weighted by Crippen LogP contribution is 2.19. The van der Waals surface area contributed by atoms with Gasteiger partial charge in [0.2, 0.25) is 0 Å². The van der Waals surface area contributed by atoms with Crippen LogP contribution in [0.2, 0.25) is 0 Å². The van der Waals surface area contributed by atoms with Crippen molar-refractivity contribution in [2.45, 2.75) is 45.7 Å². The monoisotopic (exact) mass is 277 g/mol. The Kier molecular flexibility index (Phi) is 5.61. The Morgan fingerprint density at radius 2 is 2.26 bits per heavy atom. The van der Waals surface area contributed by atoms with Crippen LogP contribution in [-0.2, 0) is 6.54 Å². The smallest absolute Gasteiger partial charge is 0.112 e. The van der Waals surface area contributed by atoms with Crippen molar-refractivity contribution < 1.29 is 0 Å². The first kappa shape index (κ1) is 14.3. The maximum Gasteiger partial charge on any atom is 0.112 e. The Morgan fingerprint density at radius 1 is 1.37 bits per heavy atom. The average Bonchev–Trinajstić information content (AvgIpc) is 3.07. The molecule has 0 saturated heterocycles. The second-order valence-electron chi connectivity index (χ2n) is 4.84. The van der Waals surface area contributed by atoms with Gasteiger partial charge in [-0.1, -0.05) is 20.3 Å². The van der Waals surface area contributed by atoms with Gasteiger partial charge in [0.05, 0.1) is 6.54 Å². The largest absolute Gasteiger partial charge is 0.347 e. The molecule has 104 valence electrons. The van der Waals surface area contributed by atoms with Gasteiger partial charge in [0.15, 0.2) is 0 Å². The van der Waals surface area contributed by atoms with E-state index in [0.717, 1.165) is 18.1 Å². The van der Waals surface area contributed by atoms with Gasteiger partial charge < -0.3 is 9.88 Å². The molecule has 0 spiro atoms. The summed E-state index contributed by atoms with van der Waals surface area (Å²) < 4.78 is 2.23. The van der Waals surface area contributed by atoms with Crippen LogP contribution in [0.3, 0.4) is 0 Å². The summed E-state index contributed by atoms with van der Waals surface area (Å²) in [6.07, 6.45) is 9.87. The van der Waals surface area contributed by atoms with Crippen molar-refractivity contribution in [3.05, 3.63) is 40.6 Å². The summed E-state index contributed by atoms with van der Waals surface area (Å²) in [5, 5.41) is 6.83. The SMILES string of the molecule is CCCNC(CCC)c1ccn(Cc2nccs2)c1. The van der Waals surface area contributed by atoms with Crippen LogP contribution in [0, 0.1) is 0 Å². The molecule has 1 unspecified atom stereocenters. The lowest BCUT2D eigenvalue weighted by atomic mass is 10.1. The van der Waals surface area contributed by atoms with E-state index < -0.39 is 0 Å². The van der Waals surface area contributed by atoms with Crippen molar-refractivity contribution in [1.29, 1.82) is 0 Å². The summed E-state index contributed by atoms with van der Waals surface area (Å²) in [6, 6.07) is 2.72. The van der Waals surface area contributed by atoms with Gasteiger partial charge in [-0.05, 0) is 31.0 Å². The summed E-state index contributed by atoms with van der Waals surface area (Å²) >= 11 is 1.71. The van der Waals surface area contributed by atoms with Crippen LogP contribution >= 0.6 is 11.3 Å². The van der Waals surface area contributed by atoms with Gasteiger partial charge in [0.25, 0.3) is 0 Å². The molecule has 0 aromatic carbocycles. The van der Waals surface area contributed by atoms with Gasteiger partial charge in [0, 0.05) is 30.0 Å². The summed E-state index contributed by atoms with van der Waals surface area (Å²) in [5.74, 6) is 0. The van der Waals surface area contributed by atoms with Crippen LogP contribution in [0.25, 0.3) is 0 Å². The maximum atomic E-state index is 4.33. The summed E-state index contributed by atoms with van der Waals surface area (Å²) in [5.41, 5.74) is 1.40. The average molecular weight is 277 g/mol. The van der Waals surface area contributed by atoms with Crippen molar-refractivity contribution in [3.63, 3.8) is 0 Å². The van der Waals surface area contributed by atoms with Crippen LogP contribution in [0.1, 0.15) is 49.7 Å². The van der Waals surface area contributed by atoms with Gasteiger partial charge in [-0.2, -0.15) is 0 Å². The van der Waals surface area contributed by atoms with E-state index in [4.69, 9.17) is 0 Å². The van der Waals surface area contributed by atoms with Crippen LogP contribution in [-0.4, -0.2) is 16.1 Å². The van der Waals surface area contributed by atoms with Gasteiger partial charge in [-0.3, -0.25) is 0 Å². The third-order valence-corrected chi connectivity index (χ3v) is 3.96. The number of nitrogens with one attached hydrogen (secondary N) is 1. The van der Waals surface area contributed by atoms with E-state index in [1.165, 1.54) is 24.8 Å². The molecular formula is C15H23N3S. The first-order chi connectivity index (χ1) is 9.33. The number of hydrogen-bond acceptors (Lipinski definition) is 3. The zero-order chi connectivity index (χ0) is 13.5. The molecule has 0 aliphatic heterocycles. The van der Waals surface area contributed by atoms with E-state index in [-0.39, 0.29) is 0 Å². The van der Waals surface area contributed by atoms with Gasteiger partial charge in [0.1, 0.15) is 5.01 Å². The van der Waals surface area contributed by atoms with E-state index in [1.807, 2.05) is 11.6 Å². The molecular weight excluding hydrogens is 254 g/mol. The Hall–Kier alpha value is -1.13. The minimum atomic E-state index is 0.488. The molecule has 0 radical (unpaired) electrons. The third kappa shape index (κ3) is 4.18. The van der Waals surface area contributed by atoms with Gasteiger partial charge in [-0.25, -0.2) is 4.98 Å². The lowest BCUT2D eigenvalue weighted by molar-refractivity contribution is 0.493. The van der Waals surface area contributed by atoms with E-state index in [1.54, 1.807) is 11.3 Å². The molecule has 2 heterocycles. The van der Waals surface area contributed by atoms with Crippen LogP contribution in [0.15, 0.2) is 30.0 Å². The third-order valence-electron chi connectivity index (χ3n) is 3.20. The lowest BCUT2D eigenvalue weighted by Crippen LogP contribution is -2.21. The predicted octanol–water partition coefficient (Wildman–Crippen LogP) is 3.83. The molecule has 0 bridgehead atoms. The molecule has 2 aromatic rings. The Labute approximate surface area is 119 Å². The second-order valence-corrected chi connectivity index (χ2v) is 5.82. The van der Waals surface area contributed by atoms with E-state index in [2.05, 4.69) is 47.2 Å². The van der Waals surface area contributed by atoms with E-state index in [9.17, 15) is 0 Å². The first-order valence-electron chi connectivity index (χ1n) is 7.11. The van der Waals surface area contributed by atoms with E-state index in [0.29, 0.717) is 6.04 Å². The molecule has 2 rings (SSSR count). The predicted molar refractivity (Wildman–Crippen MR) is 81.6 cm³/mol. The highest BCUT2D eigenvalue weighted by molar-refractivity contribution is 7.09. The Balaban J connectivity index is 2.00. The zero-order valence-electron chi connectivity index (χ0n) is 11.8. The maximum absolute atomic E-state index is 4.33. The zero-order valence-corrected chi connectivity index (χ0v) is 12.6. The van der Waals surface area contributed by atoms with Crippen LogP contribution in [0.5, 0.6) is 0 Å². The van der Waals surface area contributed by atoms with Crippen molar-refractivity contribution >= 4 is 11.3 Å². The normalized spacial score (nSPS) is 12.7. The van der Waals surface area contributed by atoms with Crippen molar-refractivity contribution in [2.24, 2.45) is 0 Å². The molecule has 2 aromatic heterocycles. The highest BCUT2D eigenvalue weighted by Gasteiger charge is 2.11. The number of nitrogens with zero attached hydrogens (tertiary/aromatic N) is 2. The Bertz CT molecular complexity index is 461. The lowest BCUT2D eigenvalue weighted by Gasteiger charge is -2.16. The molecule has 3 nitrogen and oxygen atoms in total. The molecule has 0 amide bonds. The number of thiazole rings is 1. The fraction of sp³-hybridized carbons (Fsp3) is 0.533. The fourth-order valence-corrected chi connectivity index (χ4v) is 2.87. The minimum absolute atomic E-state index is 0.488. The molecule has 1 atom stereocenters. The van der Waals surface area contributed by atoms with Crippen molar-refractivity contribution in [1.82, 2.24) is 14.9 Å². The van der Waals surface area contributed by atoms with Crippen molar-refractivity contribution in [3.8, 4) is 0 Å². The second kappa shape index (κ2) is 7.46. The molecule has 0 fully saturated rings. The van der Waals surface area contributed by atoms with Crippen LogP contribution < -0.4 is 5.32 Å². The van der Waals surface area contributed by atoms with Crippen molar-refractivity contribution in [2.75, 3.05) is 6.54 Å². The quantitative estimate of drug-likeness (QED) is 0.794. The molecule has 4 heteroatoms. The standard InChI is InChI=1S/C15H23N3S/c1-3-5-14(16-7-4-2)13-6-9-18(11-13)12-15-17-8-10-19-15/h6,8-11,14,16H,3-5,7,12H2,1-2H3. The Morgan fingerprint density at radius 3 is 2.95 bits per heavy atom. The number of hydrogen-bond donors (Lipinski definition) is 1. The first-order valence-corrected chi connectivity index (χ1v) is 7.98. The minimum Gasteiger partial charge on any atom is -0.347 e. The molecule has 0 aliphatic carbocycles. The topological polar surface area (TPSA) is 29.9 Å². The molecule has 0 aliphatic rings.